The number of hydrogen-bond donors (Lipinski definition) is 2. The Morgan fingerprint density at radius 2 is 1.73 bits per heavy atom. The Bertz CT molecular complexity index is 676. The lowest BCUT2D eigenvalue weighted by Crippen LogP contribution is -2.42. The Hall–Kier alpha value is -2.41. The Morgan fingerprint density at radius 1 is 1.12 bits per heavy atom. The predicted molar refractivity (Wildman–Crippen MR) is 97.9 cm³/mol. The molecule has 2 amide bonds. The minimum atomic E-state index is -0.762. The molecule has 1 heterocycles. The van der Waals surface area contributed by atoms with Crippen molar-refractivity contribution in [3.05, 3.63) is 35.4 Å². The smallest absolute Gasteiger partial charge is 0.408 e. The second-order valence-corrected chi connectivity index (χ2v) is 7.45. The first kappa shape index (κ1) is 19.9. The van der Waals surface area contributed by atoms with Gasteiger partial charge in [0, 0.05) is 24.2 Å². The summed E-state index contributed by atoms with van der Waals surface area (Å²) in [5.74, 6) is -0.527. The van der Waals surface area contributed by atoms with Gasteiger partial charge < -0.3 is 10.1 Å². The standard InChI is InChI=1S/C19H27N3O4/c1-13(20-18(25)26-19(2,3)4)16(23)14-8-7-9-15(12-14)17(24)21-22-10-5-6-11-22/h7-9,12-13H,5-6,10-11H2,1-4H3,(H,20,25)(H,21,24). The fourth-order valence-corrected chi connectivity index (χ4v) is 2.65. The molecule has 1 aliphatic heterocycles. The van der Waals surface area contributed by atoms with Crippen LogP contribution in [0.4, 0.5) is 4.79 Å². The summed E-state index contributed by atoms with van der Waals surface area (Å²) in [6, 6.07) is 5.73. The molecule has 0 spiro atoms. The van der Waals surface area contributed by atoms with Crippen LogP contribution in [0.15, 0.2) is 24.3 Å². The average Bonchev–Trinajstić information content (AvgIpc) is 3.05. The van der Waals surface area contributed by atoms with Gasteiger partial charge in [-0.05, 0) is 52.7 Å². The van der Waals surface area contributed by atoms with E-state index in [-0.39, 0.29) is 11.7 Å². The third-order valence-electron chi connectivity index (χ3n) is 3.90. The molecule has 1 saturated heterocycles. The van der Waals surface area contributed by atoms with Crippen LogP contribution in [0.3, 0.4) is 0 Å². The van der Waals surface area contributed by atoms with E-state index in [1.165, 1.54) is 0 Å². The Morgan fingerprint density at radius 3 is 2.35 bits per heavy atom. The Balaban J connectivity index is 2.00. The molecule has 26 heavy (non-hydrogen) atoms. The van der Waals surface area contributed by atoms with Gasteiger partial charge in [0.15, 0.2) is 5.78 Å². The van der Waals surface area contributed by atoms with Crippen molar-refractivity contribution >= 4 is 17.8 Å². The zero-order chi connectivity index (χ0) is 19.3. The fourth-order valence-electron chi connectivity index (χ4n) is 2.65. The number of ketones is 1. The number of benzene rings is 1. The molecular weight excluding hydrogens is 334 g/mol. The van der Waals surface area contributed by atoms with Gasteiger partial charge in [-0.15, -0.1) is 0 Å². The Labute approximate surface area is 154 Å². The summed E-state index contributed by atoms with van der Waals surface area (Å²) >= 11 is 0. The normalized spacial score (nSPS) is 16.0. The molecule has 1 unspecified atom stereocenters. The first-order valence-corrected chi connectivity index (χ1v) is 8.85. The number of ether oxygens (including phenoxy) is 1. The number of rotatable bonds is 5. The van der Waals surface area contributed by atoms with E-state index in [4.69, 9.17) is 4.74 Å². The van der Waals surface area contributed by atoms with E-state index in [9.17, 15) is 14.4 Å². The summed E-state index contributed by atoms with van der Waals surface area (Å²) in [4.78, 5) is 36.7. The van der Waals surface area contributed by atoms with Crippen LogP contribution in [-0.2, 0) is 4.74 Å². The monoisotopic (exact) mass is 361 g/mol. The quantitative estimate of drug-likeness (QED) is 0.787. The first-order valence-electron chi connectivity index (χ1n) is 8.85. The minimum absolute atomic E-state index is 0.241. The van der Waals surface area contributed by atoms with Crippen LogP contribution in [0.5, 0.6) is 0 Å². The number of carbonyl (C=O) groups excluding carboxylic acids is 3. The molecule has 0 aromatic heterocycles. The molecule has 7 heteroatoms. The van der Waals surface area contributed by atoms with Crippen molar-refractivity contribution in [1.82, 2.24) is 15.8 Å². The van der Waals surface area contributed by atoms with Crippen LogP contribution in [0.2, 0.25) is 0 Å². The molecule has 0 radical (unpaired) electrons. The molecule has 1 aromatic rings. The van der Waals surface area contributed by atoms with Crippen LogP contribution in [0.1, 0.15) is 61.3 Å². The lowest BCUT2D eigenvalue weighted by Gasteiger charge is -2.21. The fraction of sp³-hybridized carbons (Fsp3) is 0.526. The molecule has 2 rings (SSSR count). The van der Waals surface area contributed by atoms with Crippen molar-refractivity contribution in [2.45, 2.75) is 52.2 Å². The molecule has 1 aromatic carbocycles. The van der Waals surface area contributed by atoms with Gasteiger partial charge in [-0.1, -0.05) is 12.1 Å². The second kappa shape index (κ2) is 8.31. The summed E-state index contributed by atoms with van der Waals surface area (Å²) in [6.07, 6.45) is 1.47. The van der Waals surface area contributed by atoms with Crippen LogP contribution in [-0.4, -0.2) is 47.5 Å². The van der Waals surface area contributed by atoms with Crippen molar-refractivity contribution in [2.24, 2.45) is 0 Å². The SMILES string of the molecule is CC(NC(=O)OC(C)(C)C)C(=O)c1cccc(C(=O)NN2CCCC2)c1. The molecule has 1 atom stereocenters. The molecule has 1 fully saturated rings. The van der Waals surface area contributed by atoms with Crippen molar-refractivity contribution < 1.29 is 19.1 Å². The molecule has 0 aliphatic carbocycles. The predicted octanol–water partition coefficient (Wildman–Crippen LogP) is 2.52. The van der Waals surface area contributed by atoms with E-state index in [0.717, 1.165) is 25.9 Å². The number of amides is 2. The number of alkyl carbamates (subject to hydrolysis) is 1. The van der Waals surface area contributed by atoms with Crippen molar-refractivity contribution in [3.8, 4) is 0 Å². The molecule has 7 nitrogen and oxygen atoms in total. The zero-order valence-electron chi connectivity index (χ0n) is 15.8. The number of nitrogens with one attached hydrogen (secondary N) is 2. The third kappa shape index (κ3) is 5.84. The second-order valence-electron chi connectivity index (χ2n) is 7.45. The number of carbonyl (C=O) groups is 3. The highest BCUT2D eigenvalue weighted by Crippen LogP contribution is 2.11. The van der Waals surface area contributed by atoms with Gasteiger partial charge in [-0.2, -0.15) is 0 Å². The van der Waals surface area contributed by atoms with Crippen LogP contribution in [0, 0.1) is 0 Å². The van der Waals surface area contributed by atoms with Crippen LogP contribution < -0.4 is 10.7 Å². The van der Waals surface area contributed by atoms with Gasteiger partial charge in [0.25, 0.3) is 5.91 Å². The van der Waals surface area contributed by atoms with Gasteiger partial charge in [0.05, 0.1) is 6.04 Å². The maximum atomic E-state index is 12.6. The van der Waals surface area contributed by atoms with Crippen molar-refractivity contribution in [2.75, 3.05) is 13.1 Å². The van der Waals surface area contributed by atoms with Gasteiger partial charge in [-0.3, -0.25) is 15.0 Å². The lowest BCUT2D eigenvalue weighted by atomic mass is 10.0. The van der Waals surface area contributed by atoms with Gasteiger partial charge in [-0.25, -0.2) is 9.80 Å². The highest BCUT2D eigenvalue weighted by molar-refractivity contribution is 6.03. The van der Waals surface area contributed by atoms with Gasteiger partial charge >= 0.3 is 6.09 Å². The van der Waals surface area contributed by atoms with E-state index in [0.29, 0.717) is 11.1 Å². The average molecular weight is 361 g/mol. The number of nitrogens with zero attached hydrogens (tertiary/aromatic N) is 1. The summed E-state index contributed by atoms with van der Waals surface area (Å²) in [7, 11) is 0. The van der Waals surface area contributed by atoms with E-state index in [1.54, 1.807) is 52.0 Å². The van der Waals surface area contributed by atoms with E-state index >= 15 is 0 Å². The summed E-state index contributed by atoms with van der Waals surface area (Å²) < 4.78 is 5.16. The molecule has 1 aliphatic rings. The molecule has 0 bridgehead atoms. The molecular formula is C19H27N3O4. The van der Waals surface area contributed by atoms with Crippen molar-refractivity contribution in [3.63, 3.8) is 0 Å². The topological polar surface area (TPSA) is 87.7 Å². The van der Waals surface area contributed by atoms with Crippen LogP contribution >= 0.6 is 0 Å². The minimum Gasteiger partial charge on any atom is -0.444 e. The number of hydrazine groups is 1. The maximum Gasteiger partial charge on any atom is 0.408 e. The first-order chi connectivity index (χ1) is 12.2. The number of hydrogen-bond acceptors (Lipinski definition) is 5. The zero-order valence-corrected chi connectivity index (χ0v) is 15.8. The molecule has 2 N–H and O–H groups in total. The summed E-state index contributed by atoms with van der Waals surface area (Å²) in [5, 5.41) is 4.40. The van der Waals surface area contributed by atoms with E-state index < -0.39 is 17.7 Å². The highest BCUT2D eigenvalue weighted by Gasteiger charge is 2.23. The van der Waals surface area contributed by atoms with Gasteiger partial charge in [0.2, 0.25) is 0 Å². The molecule has 142 valence electrons. The Kier molecular flexibility index (Phi) is 6.37. The summed E-state index contributed by atoms with van der Waals surface area (Å²) in [6.45, 7) is 8.51. The number of Topliss-reactive ketones (excluding diaryl/α,β-unsaturated/α-hetero) is 1. The molecule has 0 saturated carbocycles. The van der Waals surface area contributed by atoms with E-state index in [1.807, 2.05) is 5.01 Å². The van der Waals surface area contributed by atoms with Crippen LogP contribution in [0.25, 0.3) is 0 Å². The van der Waals surface area contributed by atoms with Gasteiger partial charge in [0.1, 0.15) is 5.60 Å². The largest absolute Gasteiger partial charge is 0.444 e. The lowest BCUT2D eigenvalue weighted by molar-refractivity contribution is 0.0496. The van der Waals surface area contributed by atoms with E-state index in [2.05, 4.69) is 10.7 Å². The maximum absolute atomic E-state index is 12.6. The third-order valence-corrected chi connectivity index (χ3v) is 3.90. The summed E-state index contributed by atoms with van der Waals surface area (Å²) in [5.41, 5.74) is 2.98. The highest BCUT2D eigenvalue weighted by atomic mass is 16.6. The van der Waals surface area contributed by atoms with Crippen molar-refractivity contribution in [1.29, 1.82) is 0 Å².